The number of aliphatic hydroxyl groups is 1. The van der Waals surface area contributed by atoms with Gasteiger partial charge in [0.05, 0.1) is 94.7 Å². The lowest BCUT2D eigenvalue weighted by molar-refractivity contribution is 0.0333. The smallest absolute Gasteiger partial charge is 0.297 e. The zero-order valence-electron chi connectivity index (χ0n) is 39.9. The number of H-pyrrole nitrogens is 1. The van der Waals surface area contributed by atoms with E-state index >= 15 is 0 Å². The van der Waals surface area contributed by atoms with Gasteiger partial charge in [-0.05, 0) is 62.2 Å². The Morgan fingerprint density at radius 1 is 0.671 bits per heavy atom. The Morgan fingerprint density at radius 3 is 1.91 bits per heavy atom. The highest BCUT2D eigenvalue weighted by Crippen LogP contribution is 2.33. The van der Waals surface area contributed by atoms with E-state index in [1.165, 1.54) is 12.1 Å². The molecule has 0 aliphatic heterocycles. The van der Waals surface area contributed by atoms with Crippen molar-refractivity contribution in [3.63, 3.8) is 0 Å². The molecule has 0 atom stereocenters. The number of aromatic amines is 1. The number of aromatic nitrogens is 8. The molecule has 0 saturated heterocycles. The van der Waals surface area contributed by atoms with Crippen molar-refractivity contribution >= 4 is 21.8 Å². The fourth-order valence-corrected chi connectivity index (χ4v) is 7.22. The lowest BCUT2D eigenvalue weighted by Gasteiger charge is -2.11. The first-order valence-corrected chi connectivity index (χ1v) is 23.9. The van der Waals surface area contributed by atoms with E-state index in [1.54, 1.807) is 42.5 Å². The molecule has 0 aliphatic rings. The molecule has 20 nitrogen and oxygen atoms in total. The average Bonchev–Trinajstić information content (AvgIpc) is 4.09. The van der Waals surface area contributed by atoms with Gasteiger partial charge in [0.2, 0.25) is 0 Å². The number of aryl methyl sites for hydroxylation is 2. The number of anilines is 2. The molecular formula is C49H62N10O10S. The molecular weight excluding hydrogens is 921 g/mol. The van der Waals surface area contributed by atoms with Gasteiger partial charge < -0.3 is 45.0 Å². The largest absolute Gasteiger partial charge is 0.467 e. The molecule has 4 heterocycles. The summed E-state index contributed by atoms with van der Waals surface area (Å²) in [7, 11) is -2.24. The molecule has 0 radical (unpaired) electrons. The van der Waals surface area contributed by atoms with Crippen molar-refractivity contribution in [1.29, 1.82) is 0 Å². The molecule has 0 unspecified atom stereocenters. The number of nitrogens with zero attached hydrogens (tertiary/aromatic N) is 7. The topological polar surface area (TPSA) is 269 Å². The first-order valence-electron chi connectivity index (χ1n) is 22.5. The van der Waals surface area contributed by atoms with E-state index in [9.17, 15) is 8.42 Å². The molecule has 21 heteroatoms. The van der Waals surface area contributed by atoms with Gasteiger partial charge in [-0.25, -0.2) is 0 Å². The second-order valence-corrected chi connectivity index (χ2v) is 16.8. The third-order valence-corrected chi connectivity index (χ3v) is 11.2. The van der Waals surface area contributed by atoms with Crippen LogP contribution in [0.3, 0.4) is 0 Å². The molecule has 6 N–H and O–H groups in total. The predicted octanol–water partition coefficient (Wildman–Crippen LogP) is 6.17. The molecule has 0 saturated carbocycles. The van der Waals surface area contributed by atoms with Crippen molar-refractivity contribution in [3.05, 3.63) is 121 Å². The Morgan fingerprint density at radius 2 is 1.27 bits per heavy atom. The van der Waals surface area contributed by atoms with Crippen LogP contribution in [0.1, 0.15) is 24.5 Å². The lowest BCUT2D eigenvalue weighted by Crippen LogP contribution is -2.14. The summed E-state index contributed by atoms with van der Waals surface area (Å²) in [5, 5.41) is 36.0. The number of hydrogen-bond donors (Lipinski definition) is 4. The highest BCUT2D eigenvalue weighted by molar-refractivity contribution is 7.86. The van der Waals surface area contributed by atoms with Crippen LogP contribution in [0.5, 0.6) is 5.75 Å². The number of nitrogens with one attached hydrogen (secondary N) is 1. The Kier molecular flexibility index (Phi) is 22.8. The number of para-hydroxylation sites is 1. The van der Waals surface area contributed by atoms with Gasteiger partial charge >= 0.3 is 0 Å². The zero-order valence-corrected chi connectivity index (χ0v) is 40.7. The van der Waals surface area contributed by atoms with Gasteiger partial charge in [0.15, 0.2) is 18.4 Å². The van der Waals surface area contributed by atoms with Crippen LogP contribution in [-0.4, -0.2) is 134 Å². The van der Waals surface area contributed by atoms with E-state index in [2.05, 4.69) is 42.6 Å². The van der Waals surface area contributed by atoms with E-state index < -0.39 is 10.1 Å². The second kappa shape index (κ2) is 29.4. The highest BCUT2D eigenvalue weighted by atomic mass is 32.2. The van der Waals surface area contributed by atoms with E-state index in [1.807, 2.05) is 80.7 Å². The Labute approximate surface area is 408 Å². The summed E-state index contributed by atoms with van der Waals surface area (Å²) in [5.41, 5.74) is 20.6. The van der Waals surface area contributed by atoms with Crippen molar-refractivity contribution in [3.8, 4) is 50.5 Å². The van der Waals surface area contributed by atoms with Crippen LogP contribution < -0.4 is 16.2 Å². The molecule has 3 aromatic carbocycles. The number of nitrogens with two attached hydrogens (primary N) is 2. The molecule has 374 valence electrons. The SMILES string of the molecule is CCCOCCOCCO.COCOc1ccccc1-c1cc(-c2cnn(CCOCCOCCOS(=O)(=O)c3ccc(C)cc3)c2)c(N)nn1.Cc1ccccc1-c1cc(-c2cn[nH]c2)c(N)nn1. The maximum absolute atomic E-state index is 12.2. The van der Waals surface area contributed by atoms with Gasteiger partial charge in [0.1, 0.15) is 5.75 Å². The van der Waals surface area contributed by atoms with Crippen LogP contribution in [0.15, 0.2) is 115 Å². The zero-order chi connectivity index (χ0) is 50.0. The summed E-state index contributed by atoms with van der Waals surface area (Å²) in [5.74, 6) is 1.31. The van der Waals surface area contributed by atoms with Crippen LogP contribution in [0, 0.1) is 13.8 Å². The number of hydrogen-bond acceptors (Lipinski definition) is 18. The minimum Gasteiger partial charge on any atom is -0.467 e. The molecule has 7 rings (SSSR count). The van der Waals surface area contributed by atoms with E-state index in [-0.39, 0.29) is 37.3 Å². The predicted molar refractivity (Wildman–Crippen MR) is 265 cm³/mol. The number of rotatable bonds is 25. The molecule has 0 spiro atoms. The van der Waals surface area contributed by atoms with Crippen molar-refractivity contribution in [2.75, 3.05) is 91.4 Å². The van der Waals surface area contributed by atoms with Crippen LogP contribution in [0.25, 0.3) is 44.8 Å². The van der Waals surface area contributed by atoms with Crippen LogP contribution in [0.4, 0.5) is 11.6 Å². The van der Waals surface area contributed by atoms with Crippen molar-refractivity contribution in [2.24, 2.45) is 0 Å². The Hall–Kier alpha value is -6.69. The van der Waals surface area contributed by atoms with Crippen LogP contribution in [0.2, 0.25) is 0 Å². The van der Waals surface area contributed by atoms with Gasteiger partial charge in [-0.3, -0.25) is 14.0 Å². The standard InChI is InChI=1S/C28H33N5O7S.C14H13N5.C7H16O3/c1-21-7-9-23(10-8-21)41(34,35)40-16-15-38-14-13-37-12-11-33-19-22(18-30-33)25-17-26(31-32-28(25)29)24-5-3-4-6-27(24)39-20-36-2;1-9-4-2-3-5-11(9)13-6-12(14(15)19-18-13)10-7-16-17-8-10;1-2-4-9-6-7-10-5-3-8/h3-10,17-19H,11-16,20H2,1-2H3,(H2,29,32);2-8H,1H3,(H2,15,19)(H,16,17);8H,2-7H2,1H3. The fourth-order valence-electron chi connectivity index (χ4n) is 6.32. The Balaban J connectivity index is 0.000000256. The Bertz CT molecular complexity index is 2700. The van der Waals surface area contributed by atoms with Crippen molar-refractivity contribution in [2.45, 2.75) is 38.6 Å². The summed E-state index contributed by atoms with van der Waals surface area (Å²) in [6.07, 6.45) is 8.11. The van der Waals surface area contributed by atoms with E-state index in [0.29, 0.717) is 69.0 Å². The van der Waals surface area contributed by atoms with Gasteiger partial charge in [-0.15, -0.1) is 20.4 Å². The van der Waals surface area contributed by atoms with Gasteiger partial charge in [0.25, 0.3) is 10.1 Å². The summed E-state index contributed by atoms with van der Waals surface area (Å²) in [6.45, 7) is 10.2. The number of benzene rings is 3. The second-order valence-electron chi connectivity index (χ2n) is 15.2. The van der Waals surface area contributed by atoms with Gasteiger partial charge in [-0.1, -0.05) is 61.0 Å². The molecule has 0 aliphatic carbocycles. The number of methoxy groups -OCH3 is 1. The maximum atomic E-state index is 12.2. The van der Waals surface area contributed by atoms with E-state index in [0.717, 1.165) is 57.7 Å². The van der Waals surface area contributed by atoms with Crippen molar-refractivity contribution in [1.82, 2.24) is 40.4 Å². The summed E-state index contributed by atoms with van der Waals surface area (Å²) in [6, 6.07) is 25.8. The third kappa shape index (κ3) is 17.4. The average molecular weight is 983 g/mol. The highest BCUT2D eigenvalue weighted by Gasteiger charge is 2.16. The van der Waals surface area contributed by atoms with Gasteiger partial charge in [-0.2, -0.15) is 18.6 Å². The van der Waals surface area contributed by atoms with Crippen LogP contribution >= 0.6 is 0 Å². The molecule has 70 heavy (non-hydrogen) atoms. The van der Waals surface area contributed by atoms with Crippen LogP contribution in [-0.2, 0) is 44.5 Å². The lowest BCUT2D eigenvalue weighted by atomic mass is 10.0. The summed E-state index contributed by atoms with van der Waals surface area (Å²) >= 11 is 0. The normalized spacial score (nSPS) is 11.1. The quantitative estimate of drug-likeness (QED) is 0.0283. The first kappa shape index (κ1) is 54.3. The number of aliphatic hydroxyl groups excluding tert-OH is 1. The third-order valence-electron chi connectivity index (χ3n) is 9.88. The minimum absolute atomic E-state index is 0.0766. The monoisotopic (exact) mass is 982 g/mol. The number of ether oxygens (including phenoxy) is 6. The minimum atomic E-state index is -3.80. The number of nitrogen functional groups attached to an aromatic ring is 2. The molecule has 0 bridgehead atoms. The summed E-state index contributed by atoms with van der Waals surface area (Å²) < 4.78 is 62.8. The first-order chi connectivity index (χ1) is 34.0. The molecule has 0 amide bonds. The van der Waals surface area contributed by atoms with Gasteiger partial charge in [0, 0.05) is 59.5 Å². The maximum Gasteiger partial charge on any atom is 0.297 e. The molecule has 0 fully saturated rings. The molecule has 4 aromatic heterocycles. The summed E-state index contributed by atoms with van der Waals surface area (Å²) in [4.78, 5) is 0.120. The molecule has 7 aromatic rings. The van der Waals surface area contributed by atoms with E-state index in [4.69, 9.17) is 49.2 Å². The fraction of sp³-hybridized carbons (Fsp3) is 0.347. The van der Waals surface area contributed by atoms with Crippen molar-refractivity contribution < 1.29 is 46.1 Å².